The van der Waals surface area contributed by atoms with E-state index in [0.717, 1.165) is 25.4 Å². The number of hydrogen-bond acceptors (Lipinski definition) is 4. The lowest BCUT2D eigenvalue weighted by atomic mass is 10.1. The number of rotatable bonds is 3. The molecule has 4 heteroatoms. The fraction of sp³-hybridized carbons (Fsp3) is 0.533. The molecule has 2 heterocycles. The van der Waals surface area contributed by atoms with Crippen molar-refractivity contribution < 1.29 is 4.74 Å². The molecular formula is C15H19N3O. The van der Waals surface area contributed by atoms with Gasteiger partial charge in [-0.25, -0.2) is 0 Å². The van der Waals surface area contributed by atoms with Crippen LogP contribution in [0.5, 0.6) is 0 Å². The van der Waals surface area contributed by atoms with E-state index in [1.54, 1.807) is 0 Å². The van der Waals surface area contributed by atoms with E-state index in [1.165, 1.54) is 19.4 Å². The average molecular weight is 257 g/mol. The summed E-state index contributed by atoms with van der Waals surface area (Å²) in [4.78, 5) is 2.53. The third-order valence-electron chi connectivity index (χ3n) is 4.03. The highest BCUT2D eigenvalue weighted by molar-refractivity contribution is 5.57. The topological polar surface area (TPSA) is 48.3 Å². The van der Waals surface area contributed by atoms with E-state index in [2.05, 4.69) is 16.3 Å². The Morgan fingerprint density at radius 1 is 1.42 bits per heavy atom. The van der Waals surface area contributed by atoms with Gasteiger partial charge in [0.25, 0.3) is 0 Å². The highest BCUT2D eigenvalue weighted by atomic mass is 16.5. The molecule has 0 bridgehead atoms. The van der Waals surface area contributed by atoms with Crippen LogP contribution in [-0.4, -0.2) is 43.3 Å². The summed E-state index contributed by atoms with van der Waals surface area (Å²) in [5, 5.41) is 12.4. The molecule has 2 aliphatic heterocycles. The van der Waals surface area contributed by atoms with E-state index in [1.807, 2.05) is 24.3 Å². The molecule has 2 unspecified atom stereocenters. The quantitative estimate of drug-likeness (QED) is 0.897. The van der Waals surface area contributed by atoms with Gasteiger partial charge in [0.05, 0.1) is 24.0 Å². The van der Waals surface area contributed by atoms with Crippen molar-refractivity contribution in [2.45, 2.75) is 25.0 Å². The van der Waals surface area contributed by atoms with Crippen LogP contribution in [0.1, 0.15) is 18.4 Å². The molecule has 2 aliphatic rings. The number of morpholine rings is 1. The minimum atomic E-state index is 0.223. The fourth-order valence-electron chi connectivity index (χ4n) is 2.97. The zero-order valence-electron chi connectivity index (χ0n) is 11.0. The van der Waals surface area contributed by atoms with Crippen LogP contribution < -0.4 is 5.32 Å². The molecule has 0 radical (unpaired) electrons. The molecule has 3 rings (SSSR count). The van der Waals surface area contributed by atoms with Crippen LogP contribution in [0.25, 0.3) is 0 Å². The van der Waals surface area contributed by atoms with E-state index in [4.69, 9.17) is 10.00 Å². The van der Waals surface area contributed by atoms with Crippen molar-refractivity contribution in [3.05, 3.63) is 29.8 Å². The van der Waals surface area contributed by atoms with Crippen LogP contribution in [0.15, 0.2) is 24.3 Å². The molecule has 2 saturated heterocycles. The molecule has 2 atom stereocenters. The largest absolute Gasteiger partial charge is 0.381 e. The molecule has 1 N–H and O–H groups in total. The lowest BCUT2D eigenvalue weighted by Gasteiger charge is -2.35. The van der Waals surface area contributed by atoms with E-state index >= 15 is 0 Å². The molecule has 0 amide bonds. The monoisotopic (exact) mass is 257 g/mol. The van der Waals surface area contributed by atoms with E-state index < -0.39 is 0 Å². The number of hydrogen-bond donors (Lipinski definition) is 1. The number of anilines is 1. The summed E-state index contributed by atoms with van der Waals surface area (Å²) in [5.41, 5.74) is 1.59. The average Bonchev–Trinajstić information content (AvgIpc) is 2.93. The molecule has 0 aromatic heterocycles. The summed E-state index contributed by atoms with van der Waals surface area (Å²) in [6.45, 7) is 3.83. The second-order valence-electron chi connectivity index (χ2n) is 5.28. The van der Waals surface area contributed by atoms with E-state index in [0.29, 0.717) is 11.6 Å². The Morgan fingerprint density at radius 2 is 2.32 bits per heavy atom. The number of para-hydroxylation sites is 1. The van der Waals surface area contributed by atoms with Crippen LogP contribution in [0, 0.1) is 11.3 Å². The highest BCUT2D eigenvalue weighted by Gasteiger charge is 2.31. The van der Waals surface area contributed by atoms with Gasteiger partial charge in [0, 0.05) is 19.1 Å². The lowest BCUT2D eigenvalue weighted by Crippen LogP contribution is -2.48. The van der Waals surface area contributed by atoms with E-state index in [9.17, 15) is 0 Å². The van der Waals surface area contributed by atoms with Crippen molar-refractivity contribution in [2.75, 3.05) is 31.6 Å². The normalized spacial score (nSPS) is 26.7. The van der Waals surface area contributed by atoms with Crippen molar-refractivity contribution in [2.24, 2.45) is 0 Å². The van der Waals surface area contributed by atoms with Crippen molar-refractivity contribution in [1.29, 1.82) is 5.26 Å². The third kappa shape index (κ3) is 2.73. The van der Waals surface area contributed by atoms with Gasteiger partial charge in [-0.15, -0.1) is 0 Å². The van der Waals surface area contributed by atoms with Gasteiger partial charge in [-0.2, -0.15) is 5.26 Å². The second kappa shape index (κ2) is 5.60. The number of nitriles is 1. The van der Waals surface area contributed by atoms with Gasteiger partial charge in [0.15, 0.2) is 0 Å². The minimum Gasteiger partial charge on any atom is -0.381 e. The Hall–Kier alpha value is -1.57. The Morgan fingerprint density at radius 3 is 3.21 bits per heavy atom. The summed E-state index contributed by atoms with van der Waals surface area (Å²) in [5.74, 6) is 0. The van der Waals surface area contributed by atoms with Crippen LogP contribution in [-0.2, 0) is 4.74 Å². The Kier molecular flexibility index (Phi) is 3.67. The fourth-order valence-corrected chi connectivity index (χ4v) is 2.97. The smallest absolute Gasteiger partial charge is 0.101 e. The molecule has 1 aromatic carbocycles. The first kappa shape index (κ1) is 12.5. The predicted octanol–water partition coefficient (Wildman–Crippen LogP) is 1.83. The Balaban J connectivity index is 1.56. The van der Waals surface area contributed by atoms with Crippen molar-refractivity contribution in [3.63, 3.8) is 0 Å². The second-order valence-corrected chi connectivity index (χ2v) is 5.28. The molecule has 0 saturated carbocycles. The summed E-state index contributed by atoms with van der Waals surface area (Å²) >= 11 is 0. The molecule has 100 valence electrons. The molecule has 19 heavy (non-hydrogen) atoms. The van der Waals surface area contributed by atoms with Gasteiger partial charge in [-0.05, 0) is 31.5 Å². The van der Waals surface area contributed by atoms with Crippen molar-refractivity contribution in [3.8, 4) is 6.07 Å². The van der Waals surface area contributed by atoms with Gasteiger partial charge < -0.3 is 10.1 Å². The predicted molar refractivity (Wildman–Crippen MR) is 74.0 cm³/mol. The van der Waals surface area contributed by atoms with Crippen molar-refractivity contribution >= 4 is 5.69 Å². The molecule has 4 nitrogen and oxygen atoms in total. The first-order valence-corrected chi connectivity index (χ1v) is 6.95. The number of nitrogens with one attached hydrogen (secondary N) is 1. The van der Waals surface area contributed by atoms with Gasteiger partial charge in [0.2, 0.25) is 0 Å². The first-order chi connectivity index (χ1) is 9.36. The summed E-state index contributed by atoms with van der Waals surface area (Å²) in [6.07, 6.45) is 2.80. The SMILES string of the molecule is N#Cc1ccccc1NCC1CN2CCCC2CO1. The Labute approximate surface area is 114 Å². The van der Waals surface area contributed by atoms with Crippen molar-refractivity contribution in [1.82, 2.24) is 4.90 Å². The summed E-state index contributed by atoms with van der Waals surface area (Å²) in [6, 6.07) is 10.5. The van der Waals surface area contributed by atoms with Gasteiger partial charge in [-0.3, -0.25) is 4.90 Å². The van der Waals surface area contributed by atoms with Gasteiger partial charge >= 0.3 is 0 Å². The number of nitrogens with zero attached hydrogens (tertiary/aromatic N) is 2. The zero-order valence-corrected chi connectivity index (χ0v) is 11.0. The molecule has 0 aliphatic carbocycles. The Bertz CT molecular complexity index is 483. The number of fused-ring (bicyclic) bond motifs is 1. The minimum absolute atomic E-state index is 0.223. The first-order valence-electron chi connectivity index (χ1n) is 6.95. The molecule has 1 aromatic rings. The maximum Gasteiger partial charge on any atom is 0.101 e. The lowest BCUT2D eigenvalue weighted by molar-refractivity contribution is -0.0415. The third-order valence-corrected chi connectivity index (χ3v) is 4.03. The summed E-state index contributed by atoms with van der Waals surface area (Å²) in [7, 11) is 0. The standard InChI is InChI=1S/C15H19N3O/c16-8-12-4-1-2-6-15(12)17-9-14-10-18-7-3-5-13(18)11-19-14/h1-2,4,6,13-14,17H,3,5,7,9-11H2. The summed E-state index contributed by atoms with van der Waals surface area (Å²) < 4.78 is 5.90. The van der Waals surface area contributed by atoms with Crippen LogP contribution >= 0.6 is 0 Å². The maximum atomic E-state index is 9.05. The molecule has 2 fully saturated rings. The van der Waals surface area contributed by atoms with E-state index in [-0.39, 0.29) is 6.10 Å². The maximum absolute atomic E-state index is 9.05. The zero-order chi connectivity index (χ0) is 13.1. The highest BCUT2D eigenvalue weighted by Crippen LogP contribution is 2.23. The molecular weight excluding hydrogens is 238 g/mol. The number of benzene rings is 1. The van der Waals surface area contributed by atoms with Crippen LogP contribution in [0.2, 0.25) is 0 Å². The number of ether oxygens (including phenoxy) is 1. The van der Waals surface area contributed by atoms with Crippen LogP contribution in [0.4, 0.5) is 5.69 Å². The van der Waals surface area contributed by atoms with Crippen LogP contribution in [0.3, 0.4) is 0 Å². The van der Waals surface area contributed by atoms with Gasteiger partial charge in [0.1, 0.15) is 6.07 Å². The van der Waals surface area contributed by atoms with Gasteiger partial charge in [-0.1, -0.05) is 12.1 Å². The molecule has 0 spiro atoms.